The van der Waals surface area contributed by atoms with Gasteiger partial charge in [0, 0.05) is 49.8 Å². The molecule has 142 valence electrons. The fraction of sp³-hybridized carbons (Fsp3) is 0.320. The predicted molar refractivity (Wildman–Crippen MR) is 113 cm³/mol. The van der Waals surface area contributed by atoms with E-state index in [4.69, 9.17) is 0 Å². The van der Waals surface area contributed by atoms with E-state index in [1.807, 2.05) is 10.6 Å². The number of benzene rings is 2. The van der Waals surface area contributed by atoms with Gasteiger partial charge in [0.05, 0.1) is 0 Å². The SMILES string of the molecule is O=c1cccc2n1C[C@H]1C[C@H]2CN(CC(c2ccccc2)c2ccccc2)C1. The normalized spacial score (nSPS) is 21.5. The van der Waals surface area contributed by atoms with Crippen LogP contribution >= 0.6 is 0 Å². The lowest BCUT2D eigenvalue weighted by atomic mass is 9.82. The van der Waals surface area contributed by atoms with E-state index in [1.54, 1.807) is 6.07 Å². The maximum absolute atomic E-state index is 12.3. The average Bonchev–Trinajstić information content (AvgIpc) is 2.74. The van der Waals surface area contributed by atoms with E-state index in [1.165, 1.54) is 23.2 Å². The Morgan fingerprint density at radius 3 is 2.14 bits per heavy atom. The third-order valence-corrected chi connectivity index (χ3v) is 6.40. The van der Waals surface area contributed by atoms with Crippen molar-refractivity contribution in [3.05, 3.63) is 106 Å². The number of hydrogen-bond donors (Lipinski definition) is 0. The fourth-order valence-electron chi connectivity index (χ4n) is 5.18. The van der Waals surface area contributed by atoms with Crippen molar-refractivity contribution >= 4 is 0 Å². The van der Waals surface area contributed by atoms with Crippen LogP contribution in [0.3, 0.4) is 0 Å². The first kappa shape index (κ1) is 17.4. The van der Waals surface area contributed by atoms with Crippen LogP contribution in [0.1, 0.15) is 35.1 Å². The molecule has 0 radical (unpaired) electrons. The molecule has 0 aliphatic carbocycles. The minimum absolute atomic E-state index is 0.159. The topological polar surface area (TPSA) is 25.2 Å². The molecule has 0 spiro atoms. The van der Waals surface area contributed by atoms with Gasteiger partial charge in [0.1, 0.15) is 0 Å². The Bertz CT molecular complexity index is 956. The molecule has 28 heavy (non-hydrogen) atoms. The van der Waals surface area contributed by atoms with E-state index in [0.29, 0.717) is 17.8 Å². The van der Waals surface area contributed by atoms with Gasteiger partial charge >= 0.3 is 0 Å². The molecular weight excluding hydrogens is 344 g/mol. The summed E-state index contributed by atoms with van der Waals surface area (Å²) in [5.74, 6) is 1.41. The highest BCUT2D eigenvalue weighted by Crippen LogP contribution is 2.36. The first-order chi connectivity index (χ1) is 13.8. The molecule has 1 fully saturated rings. The lowest BCUT2D eigenvalue weighted by Crippen LogP contribution is -2.48. The quantitative estimate of drug-likeness (QED) is 0.691. The second-order valence-corrected chi connectivity index (χ2v) is 8.29. The van der Waals surface area contributed by atoms with Gasteiger partial charge in [-0.15, -0.1) is 0 Å². The van der Waals surface area contributed by atoms with Crippen LogP contribution in [0.2, 0.25) is 0 Å². The number of hydrogen-bond acceptors (Lipinski definition) is 2. The molecule has 5 rings (SSSR count). The van der Waals surface area contributed by atoms with Gasteiger partial charge in [-0.05, 0) is 29.5 Å². The highest BCUT2D eigenvalue weighted by atomic mass is 16.1. The molecule has 3 heteroatoms. The Morgan fingerprint density at radius 1 is 0.786 bits per heavy atom. The molecule has 2 aliphatic rings. The van der Waals surface area contributed by atoms with Crippen LogP contribution in [0, 0.1) is 5.92 Å². The van der Waals surface area contributed by atoms with Crippen molar-refractivity contribution < 1.29 is 0 Å². The Morgan fingerprint density at radius 2 is 1.46 bits per heavy atom. The van der Waals surface area contributed by atoms with E-state index >= 15 is 0 Å². The van der Waals surface area contributed by atoms with Crippen molar-refractivity contribution in [2.75, 3.05) is 19.6 Å². The summed E-state index contributed by atoms with van der Waals surface area (Å²) < 4.78 is 2.02. The number of rotatable bonds is 4. The summed E-state index contributed by atoms with van der Waals surface area (Å²) in [6.07, 6.45) is 1.21. The summed E-state index contributed by atoms with van der Waals surface area (Å²) in [5.41, 5.74) is 4.14. The second kappa shape index (κ2) is 7.40. The minimum atomic E-state index is 0.159. The van der Waals surface area contributed by atoms with Crippen molar-refractivity contribution in [2.24, 2.45) is 5.92 Å². The third kappa shape index (κ3) is 3.31. The largest absolute Gasteiger partial charge is 0.312 e. The molecule has 2 aromatic carbocycles. The number of piperidine rings is 1. The van der Waals surface area contributed by atoms with Crippen molar-refractivity contribution in [1.82, 2.24) is 9.47 Å². The van der Waals surface area contributed by atoms with Gasteiger partial charge in [-0.1, -0.05) is 66.7 Å². The van der Waals surface area contributed by atoms with Crippen LogP contribution < -0.4 is 5.56 Å². The van der Waals surface area contributed by atoms with E-state index in [-0.39, 0.29) is 5.56 Å². The van der Waals surface area contributed by atoms with Gasteiger partial charge in [-0.3, -0.25) is 4.79 Å². The highest BCUT2D eigenvalue weighted by Gasteiger charge is 2.35. The molecule has 3 aromatic rings. The lowest BCUT2D eigenvalue weighted by molar-refractivity contribution is 0.117. The molecule has 2 bridgehead atoms. The molecule has 0 saturated carbocycles. The Balaban J connectivity index is 1.43. The van der Waals surface area contributed by atoms with Gasteiger partial charge < -0.3 is 9.47 Å². The zero-order chi connectivity index (χ0) is 18.9. The number of nitrogens with zero attached hydrogens (tertiary/aromatic N) is 2. The number of likely N-dealkylation sites (tertiary alicyclic amines) is 1. The Hall–Kier alpha value is -2.65. The van der Waals surface area contributed by atoms with Gasteiger partial charge in [0.15, 0.2) is 0 Å². The van der Waals surface area contributed by atoms with Crippen LogP contribution in [-0.4, -0.2) is 29.1 Å². The van der Waals surface area contributed by atoms with Crippen LogP contribution in [0.5, 0.6) is 0 Å². The molecule has 0 N–H and O–H groups in total. The summed E-state index contributed by atoms with van der Waals surface area (Å²) in [6, 6.07) is 27.5. The molecule has 3 heterocycles. The maximum Gasteiger partial charge on any atom is 0.250 e. The van der Waals surface area contributed by atoms with Gasteiger partial charge in [0.25, 0.3) is 5.56 Å². The minimum Gasteiger partial charge on any atom is -0.312 e. The van der Waals surface area contributed by atoms with E-state index in [2.05, 4.69) is 71.6 Å². The van der Waals surface area contributed by atoms with Crippen molar-refractivity contribution in [2.45, 2.75) is 24.8 Å². The van der Waals surface area contributed by atoms with Crippen LogP contribution in [-0.2, 0) is 6.54 Å². The molecule has 0 unspecified atom stereocenters. The van der Waals surface area contributed by atoms with Crippen molar-refractivity contribution in [3.63, 3.8) is 0 Å². The molecule has 2 aliphatic heterocycles. The molecule has 0 amide bonds. The second-order valence-electron chi connectivity index (χ2n) is 8.29. The zero-order valence-corrected chi connectivity index (χ0v) is 16.1. The van der Waals surface area contributed by atoms with E-state index < -0.39 is 0 Å². The van der Waals surface area contributed by atoms with E-state index in [9.17, 15) is 4.79 Å². The average molecular weight is 370 g/mol. The standard InChI is InChI=1S/C25H26N2O/c28-25-13-7-12-24-22-14-19(16-27(24)25)15-26(17-22)18-23(20-8-3-1-4-9-20)21-10-5-2-6-11-21/h1-13,19,22-23H,14-18H2/t19-,22-/m0/s1. The first-order valence-electron chi connectivity index (χ1n) is 10.3. The smallest absolute Gasteiger partial charge is 0.250 e. The molecular formula is C25H26N2O. The van der Waals surface area contributed by atoms with Crippen molar-refractivity contribution in [3.8, 4) is 0 Å². The predicted octanol–water partition coefficient (Wildman–Crippen LogP) is 4.10. The first-order valence-corrected chi connectivity index (χ1v) is 10.3. The summed E-state index contributed by atoms with van der Waals surface area (Å²) in [4.78, 5) is 14.9. The molecule has 1 aromatic heterocycles. The zero-order valence-electron chi connectivity index (χ0n) is 16.1. The summed E-state index contributed by atoms with van der Waals surface area (Å²) in [5, 5.41) is 0. The number of pyridine rings is 1. The van der Waals surface area contributed by atoms with Crippen molar-refractivity contribution in [1.29, 1.82) is 0 Å². The summed E-state index contributed by atoms with van der Waals surface area (Å²) >= 11 is 0. The Kier molecular flexibility index (Phi) is 4.61. The van der Waals surface area contributed by atoms with Crippen LogP contribution in [0.15, 0.2) is 83.7 Å². The highest BCUT2D eigenvalue weighted by molar-refractivity contribution is 5.33. The molecule has 1 saturated heterocycles. The fourth-order valence-corrected chi connectivity index (χ4v) is 5.18. The van der Waals surface area contributed by atoms with Gasteiger partial charge in [-0.25, -0.2) is 0 Å². The maximum atomic E-state index is 12.3. The monoisotopic (exact) mass is 370 g/mol. The lowest BCUT2D eigenvalue weighted by Gasteiger charge is -2.43. The molecule has 3 nitrogen and oxygen atoms in total. The van der Waals surface area contributed by atoms with E-state index in [0.717, 1.165) is 26.2 Å². The summed E-state index contributed by atoms with van der Waals surface area (Å²) in [7, 11) is 0. The molecule has 2 atom stereocenters. The van der Waals surface area contributed by atoms with Crippen LogP contribution in [0.4, 0.5) is 0 Å². The van der Waals surface area contributed by atoms with Gasteiger partial charge in [-0.2, -0.15) is 0 Å². The third-order valence-electron chi connectivity index (χ3n) is 6.40. The Labute approximate surface area is 166 Å². The number of aromatic nitrogens is 1. The van der Waals surface area contributed by atoms with Crippen LogP contribution in [0.25, 0.3) is 0 Å². The number of fused-ring (bicyclic) bond motifs is 4. The van der Waals surface area contributed by atoms with Gasteiger partial charge in [0.2, 0.25) is 0 Å². The summed E-state index contributed by atoms with van der Waals surface area (Å²) in [6.45, 7) is 4.00.